The second-order valence-electron chi connectivity index (χ2n) is 3.56. The Hall–Kier alpha value is -1.73. The second kappa shape index (κ2) is 6.12. The predicted molar refractivity (Wildman–Crippen MR) is 55.0 cm³/mol. The molecule has 0 heterocycles. The third kappa shape index (κ3) is 5.23. The molecule has 0 radical (unpaired) electrons. The van der Waals surface area contributed by atoms with E-state index < -0.39 is 42.5 Å². The lowest BCUT2D eigenvalue weighted by Crippen LogP contribution is -2.38. The minimum absolute atomic E-state index is 0.612. The lowest BCUT2D eigenvalue weighted by Gasteiger charge is -2.17. The van der Waals surface area contributed by atoms with Crippen LogP contribution < -0.4 is 0 Å². The number of carbonyl (C=O) groups is 3. The van der Waals surface area contributed by atoms with Gasteiger partial charge in [0, 0.05) is 0 Å². The number of ether oxygens (including phenoxy) is 1. The van der Waals surface area contributed by atoms with Crippen molar-refractivity contribution in [3.63, 3.8) is 0 Å². The monoisotopic (exact) mass is 246 g/mol. The number of aliphatic hydroxyl groups excluding tert-OH is 1. The van der Waals surface area contributed by atoms with Crippen LogP contribution in [0.1, 0.15) is 13.3 Å². The van der Waals surface area contributed by atoms with Crippen molar-refractivity contribution in [2.45, 2.75) is 25.0 Å². The first-order valence-electron chi connectivity index (χ1n) is 4.66. The van der Waals surface area contributed by atoms with Gasteiger partial charge in [0.15, 0.2) is 17.5 Å². The van der Waals surface area contributed by atoms with Crippen molar-refractivity contribution in [2.75, 3.05) is 6.61 Å². The summed E-state index contributed by atoms with van der Waals surface area (Å²) in [6, 6.07) is 0. The van der Waals surface area contributed by atoms with Crippen molar-refractivity contribution < 1.29 is 34.4 Å². The minimum atomic E-state index is -2.25. The number of carboxylic acid groups (broad SMARTS) is 1. The van der Waals surface area contributed by atoms with Gasteiger partial charge >= 0.3 is 11.9 Å². The highest BCUT2D eigenvalue weighted by molar-refractivity contribution is 5.93. The summed E-state index contributed by atoms with van der Waals surface area (Å²) in [6.07, 6.45) is -1.45. The summed E-state index contributed by atoms with van der Waals surface area (Å²) < 4.78 is 4.43. The summed E-state index contributed by atoms with van der Waals surface area (Å²) in [4.78, 5) is 32.4. The molecule has 2 unspecified atom stereocenters. The number of hydrogen-bond donors (Lipinski definition) is 3. The van der Waals surface area contributed by atoms with Crippen LogP contribution in [0, 0.1) is 0 Å². The molecule has 0 saturated heterocycles. The quantitative estimate of drug-likeness (QED) is 0.384. The van der Waals surface area contributed by atoms with Crippen LogP contribution in [-0.2, 0) is 19.1 Å². The van der Waals surface area contributed by atoms with Crippen molar-refractivity contribution in [3.05, 3.63) is 12.7 Å². The number of carbonyl (C=O) groups excluding carboxylic acids is 2. The maximum absolute atomic E-state index is 11.1. The molecular weight excluding hydrogens is 232 g/mol. The van der Waals surface area contributed by atoms with Gasteiger partial charge in [0.1, 0.15) is 6.61 Å². The fourth-order valence-electron chi connectivity index (χ4n) is 0.798. The van der Waals surface area contributed by atoms with Gasteiger partial charge in [0.05, 0.1) is 6.42 Å². The lowest BCUT2D eigenvalue weighted by molar-refractivity contribution is -0.166. The molecule has 7 heteroatoms. The maximum atomic E-state index is 11.1. The first-order valence-corrected chi connectivity index (χ1v) is 4.66. The molecule has 0 aliphatic rings. The topological polar surface area (TPSA) is 121 Å². The molecule has 0 bridgehead atoms. The summed E-state index contributed by atoms with van der Waals surface area (Å²) in [5.41, 5.74) is -2.25. The first-order chi connectivity index (χ1) is 7.70. The van der Waals surface area contributed by atoms with Crippen LogP contribution in [0.4, 0.5) is 0 Å². The van der Waals surface area contributed by atoms with Crippen molar-refractivity contribution >= 4 is 17.7 Å². The summed E-state index contributed by atoms with van der Waals surface area (Å²) in [5, 5.41) is 26.9. The molecule has 17 heavy (non-hydrogen) atoms. The molecule has 0 aromatic heterocycles. The third-order valence-electron chi connectivity index (χ3n) is 1.88. The zero-order chi connectivity index (χ0) is 13.6. The SMILES string of the molecule is C=CC(=O)C(O)COC(=O)CC(C)(O)C(=O)O. The number of ketones is 1. The van der Waals surface area contributed by atoms with E-state index in [1.165, 1.54) is 0 Å². The molecular formula is C10H14O7. The Morgan fingerprint density at radius 1 is 1.47 bits per heavy atom. The van der Waals surface area contributed by atoms with E-state index in [4.69, 9.17) is 10.2 Å². The molecule has 0 saturated carbocycles. The van der Waals surface area contributed by atoms with Gasteiger partial charge in [-0.25, -0.2) is 4.79 Å². The number of aliphatic hydroxyl groups is 2. The highest BCUT2D eigenvalue weighted by atomic mass is 16.5. The third-order valence-corrected chi connectivity index (χ3v) is 1.88. The van der Waals surface area contributed by atoms with Crippen LogP contribution in [0.5, 0.6) is 0 Å². The van der Waals surface area contributed by atoms with Crippen LogP contribution in [0.15, 0.2) is 12.7 Å². The van der Waals surface area contributed by atoms with E-state index in [0.717, 1.165) is 13.0 Å². The zero-order valence-corrected chi connectivity index (χ0v) is 9.25. The smallest absolute Gasteiger partial charge is 0.335 e. The van der Waals surface area contributed by atoms with Crippen LogP contribution in [0.3, 0.4) is 0 Å². The number of esters is 1. The summed E-state index contributed by atoms with van der Waals surface area (Å²) in [5.74, 6) is -3.33. The normalized spacial score (nSPS) is 15.5. The van der Waals surface area contributed by atoms with Crippen LogP contribution in [-0.4, -0.2) is 51.4 Å². The maximum Gasteiger partial charge on any atom is 0.335 e. The Bertz CT molecular complexity index is 332. The van der Waals surface area contributed by atoms with E-state index in [1.54, 1.807) is 0 Å². The Kier molecular flexibility index (Phi) is 5.49. The lowest BCUT2D eigenvalue weighted by atomic mass is 10.0. The summed E-state index contributed by atoms with van der Waals surface area (Å²) >= 11 is 0. The highest BCUT2D eigenvalue weighted by Crippen LogP contribution is 2.10. The van der Waals surface area contributed by atoms with Gasteiger partial charge in [-0.15, -0.1) is 0 Å². The van der Waals surface area contributed by atoms with Gasteiger partial charge in [0.2, 0.25) is 0 Å². The van der Waals surface area contributed by atoms with Crippen LogP contribution in [0.2, 0.25) is 0 Å². The molecule has 96 valence electrons. The number of hydrogen-bond acceptors (Lipinski definition) is 6. The van der Waals surface area contributed by atoms with E-state index in [2.05, 4.69) is 11.3 Å². The largest absolute Gasteiger partial charge is 0.479 e. The number of rotatable bonds is 7. The fraction of sp³-hybridized carbons (Fsp3) is 0.500. The molecule has 2 atom stereocenters. The van der Waals surface area contributed by atoms with Crippen molar-refractivity contribution in [3.8, 4) is 0 Å². The van der Waals surface area contributed by atoms with E-state index in [0.29, 0.717) is 0 Å². The average molecular weight is 246 g/mol. The number of aliphatic carboxylic acids is 1. The van der Waals surface area contributed by atoms with Gasteiger partial charge in [-0.05, 0) is 13.0 Å². The van der Waals surface area contributed by atoms with Gasteiger partial charge in [0.25, 0.3) is 0 Å². The molecule has 3 N–H and O–H groups in total. The zero-order valence-electron chi connectivity index (χ0n) is 9.25. The van der Waals surface area contributed by atoms with Gasteiger partial charge in [-0.3, -0.25) is 9.59 Å². The van der Waals surface area contributed by atoms with E-state index >= 15 is 0 Å². The fourth-order valence-corrected chi connectivity index (χ4v) is 0.798. The summed E-state index contributed by atoms with van der Waals surface area (Å²) in [6.45, 7) is 3.44. The van der Waals surface area contributed by atoms with Crippen LogP contribution >= 0.6 is 0 Å². The van der Waals surface area contributed by atoms with Gasteiger partial charge in [-0.1, -0.05) is 6.58 Å². The molecule has 0 aromatic carbocycles. The summed E-state index contributed by atoms with van der Waals surface area (Å²) in [7, 11) is 0. The van der Waals surface area contributed by atoms with Gasteiger partial charge in [-0.2, -0.15) is 0 Å². The van der Waals surface area contributed by atoms with Crippen molar-refractivity contribution in [1.82, 2.24) is 0 Å². The number of carboxylic acids is 1. The molecule has 0 fully saturated rings. The Morgan fingerprint density at radius 3 is 2.41 bits per heavy atom. The Balaban J connectivity index is 4.17. The molecule has 0 spiro atoms. The molecule has 7 nitrogen and oxygen atoms in total. The highest BCUT2D eigenvalue weighted by Gasteiger charge is 2.33. The van der Waals surface area contributed by atoms with E-state index in [-0.39, 0.29) is 0 Å². The Morgan fingerprint density at radius 2 is 2.00 bits per heavy atom. The Labute approximate surface area is 97.3 Å². The average Bonchev–Trinajstić information content (AvgIpc) is 2.23. The van der Waals surface area contributed by atoms with Gasteiger partial charge < -0.3 is 20.1 Å². The molecule has 0 aliphatic heterocycles. The standard InChI is InChI=1S/C10H14O7/c1-3-6(11)7(12)5-17-8(13)4-10(2,16)9(14)15/h3,7,12,16H,1,4-5H2,2H3,(H,14,15). The van der Waals surface area contributed by atoms with Crippen LogP contribution in [0.25, 0.3) is 0 Å². The molecule has 0 aliphatic carbocycles. The van der Waals surface area contributed by atoms with Crippen molar-refractivity contribution in [2.24, 2.45) is 0 Å². The minimum Gasteiger partial charge on any atom is -0.479 e. The second-order valence-corrected chi connectivity index (χ2v) is 3.56. The molecule has 0 aromatic rings. The van der Waals surface area contributed by atoms with E-state index in [1.807, 2.05) is 0 Å². The van der Waals surface area contributed by atoms with Crippen molar-refractivity contribution in [1.29, 1.82) is 0 Å². The molecule has 0 amide bonds. The molecule has 0 rings (SSSR count). The van der Waals surface area contributed by atoms with E-state index in [9.17, 15) is 19.5 Å². The predicted octanol–water partition coefficient (Wildman–Crippen LogP) is -1.13. The first kappa shape index (κ1) is 15.3.